The van der Waals surface area contributed by atoms with Crippen molar-refractivity contribution >= 4 is 23.2 Å². The summed E-state index contributed by atoms with van der Waals surface area (Å²) in [7, 11) is 1.61. The molecular formula is C22H27N3O3. The van der Waals surface area contributed by atoms with Crippen molar-refractivity contribution in [1.29, 1.82) is 0 Å². The van der Waals surface area contributed by atoms with E-state index >= 15 is 0 Å². The normalized spacial score (nSPS) is 14.2. The molecule has 2 aromatic rings. The Bertz CT molecular complexity index is 799. The van der Waals surface area contributed by atoms with Gasteiger partial charge >= 0.3 is 0 Å². The average Bonchev–Trinajstić information content (AvgIpc) is 2.73. The van der Waals surface area contributed by atoms with Crippen LogP contribution in [0.15, 0.2) is 48.5 Å². The molecule has 0 saturated heterocycles. The predicted octanol–water partition coefficient (Wildman–Crippen LogP) is 3.81. The number of ether oxygens (including phenoxy) is 1. The molecule has 0 aliphatic heterocycles. The zero-order valence-corrected chi connectivity index (χ0v) is 16.2. The molecule has 0 bridgehead atoms. The second-order valence-electron chi connectivity index (χ2n) is 7.02. The summed E-state index contributed by atoms with van der Waals surface area (Å²) in [5.41, 5.74) is 2.00. The van der Waals surface area contributed by atoms with E-state index in [1.54, 1.807) is 31.4 Å². The van der Waals surface area contributed by atoms with Crippen molar-refractivity contribution in [3.05, 3.63) is 54.1 Å². The summed E-state index contributed by atoms with van der Waals surface area (Å²) >= 11 is 0. The number of benzene rings is 2. The highest BCUT2D eigenvalue weighted by Crippen LogP contribution is 2.19. The lowest BCUT2D eigenvalue weighted by Crippen LogP contribution is -2.36. The molecule has 6 heteroatoms. The van der Waals surface area contributed by atoms with Crippen molar-refractivity contribution in [1.82, 2.24) is 5.32 Å². The standard InChI is InChI=1S/C22H27N3O3/c1-28-20-12-10-17(11-13-20)23-15-21(26)24-19-9-5-6-16(14-19)22(27)25-18-7-3-2-4-8-18/h5-6,9-14,18,23H,2-4,7-8,15H2,1H3,(H,24,26)(H,25,27). The quantitative estimate of drug-likeness (QED) is 0.681. The number of methoxy groups -OCH3 is 1. The molecule has 0 atom stereocenters. The number of carbonyl (C=O) groups excluding carboxylic acids is 2. The summed E-state index contributed by atoms with van der Waals surface area (Å²) in [4.78, 5) is 24.7. The Morgan fingerprint density at radius 3 is 2.46 bits per heavy atom. The molecule has 1 fully saturated rings. The lowest BCUT2D eigenvalue weighted by molar-refractivity contribution is -0.114. The van der Waals surface area contributed by atoms with Crippen LogP contribution in [0.4, 0.5) is 11.4 Å². The van der Waals surface area contributed by atoms with E-state index in [1.165, 1.54) is 19.3 Å². The summed E-state index contributed by atoms with van der Waals surface area (Å²) in [5.74, 6) is 0.498. The minimum Gasteiger partial charge on any atom is -0.497 e. The molecular weight excluding hydrogens is 354 g/mol. The minimum absolute atomic E-state index is 0.0839. The molecule has 3 N–H and O–H groups in total. The van der Waals surface area contributed by atoms with Crippen LogP contribution in [0.3, 0.4) is 0 Å². The zero-order chi connectivity index (χ0) is 19.8. The fourth-order valence-electron chi connectivity index (χ4n) is 3.35. The fraction of sp³-hybridized carbons (Fsp3) is 0.364. The van der Waals surface area contributed by atoms with Crippen LogP contribution in [-0.4, -0.2) is 31.5 Å². The number of anilines is 2. The van der Waals surface area contributed by atoms with Gasteiger partial charge in [-0.1, -0.05) is 25.3 Å². The predicted molar refractivity (Wildman–Crippen MR) is 111 cm³/mol. The molecule has 0 radical (unpaired) electrons. The van der Waals surface area contributed by atoms with Crippen molar-refractivity contribution in [3.8, 4) is 5.75 Å². The van der Waals surface area contributed by atoms with Crippen LogP contribution in [0, 0.1) is 0 Å². The lowest BCUT2D eigenvalue weighted by Gasteiger charge is -2.22. The number of rotatable bonds is 7. The highest BCUT2D eigenvalue weighted by molar-refractivity contribution is 5.98. The molecule has 0 unspecified atom stereocenters. The number of hydrogen-bond donors (Lipinski definition) is 3. The second-order valence-corrected chi connectivity index (χ2v) is 7.02. The van der Waals surface area contributed by atoms with Gasteiger partial charge in [-0.2, -0.15) is 0 Å². The molecule has 0 aromatic heterocycles. The van der Waals surface area contributed by atoms with E-state index in [-0.39, 0.29) is 24.4 Å². The van der Waals surface area contributed by atoms with Crippen LogP contribution in [0.1, 0.15) is 42.5 Å². The maximum Gasteiger partial charge on any atom is 0.251 e. The number of amides is 2. The maximum absolute atomic E-state index is 12.5. The molecule has 28 heavy (non-hydrogen) atoms. The molecule has 0 spiro atoms. The van der Waals surface area contributed by atoms with E-state index in [1.807, 2.05) is 24.3 Å². The van der Waals surface area contributed by atoms with E-state index in [0.29, 0.717) is 11.3 Å². The Hall–Kier alpha value is -3.02. The van der Waals surface area contributed by atoms with Crippen LogP contribution in [0.2, 0.25) is 0 Å². The smallest absolute Gasteiger partial charge is 0.251 e. The molecule has 1 saturated carbocycles. The third-order valence-electron chi connectivity index (χ3n) is 4.89. The molecule has 0 heterocycles. The average molecular weight is 381 g/mol. The number of carbonyl (C=O) groups is 2. The Balaban J connectivity index is 1.51. The van der Waals surface area contributed by atoms with Gasteiger partial charge in [0.1, 0.15) is 5.75 Å². The monoisotopic (exact) mass is 381 g/mol. The SMILES string of the molecule is COc1ccc(NCC(=O)Nc2cccc(C(=O)NC3CCCCC3)c2)cc1. The largest absolute Gasteiger partial charge is 0.497 e. The summed E-state index contributed by atoms with van der Waals surface area (Å²) < 4.78 is 5.11. The zero-order valence-electron chi connectivity index (χ0n) is 16.2. The molecule has 2 amide bonds. The molecule has 3 rings (SSSR count). The first-order chi connectivity index (χ1) is 13.6. The lowest BCUT2D eigenvalue weighted by atomic mass is 9.95. The van der Waals surface area contributed by atoms with Gasteiger partial charge in [0, 0.05) is 23.0 Å². The van der Waals surface area contributed by atoms with Gasteiger partial charge in [0.25, 0.3) is 5.91 Å². The third-order valence-corrected chi connectivity index (χ3v) is 4.89. The van der Waals surface area contributed by atoms with Gasteiger partial charge in [-0.05, 0) is 55.3 Å². The first kappa shape index (κ1) is 19.7. The third kappa shape index (κ3) is 5.74. The van der Waals surface area contributed by atoms with Gasteiger partial charge in [0.2, 0.25) is 5.91 Å². The number of nitrogens with one attached hydrogen (secondary N) is 3. The molecule has 6 nitrogen and oxygen atoms in total. The van der Waals surface area contributed by atoms with Crippen LogP contribution in [0.25, 0.3) is 0 Å². The van der Waals surface area contributed by atoms with Gasteiger partial charge in [-0.3, -0.25) is 9.59 Å². The number of hydrogen-bond acceptors (Lipinski definition) is 4. The molecule has 148 valence electrons. The molecule has 1 aliphatic carbocycles. The van der Waals surface area contributed by atoms with E-state index in [2.05, 4.69) is 16.0 Å². The van der Waals surface area contributed by atoms with Gasteiger partial charge in [-0.25, -0.2) is 0 Å². The van der Waals surface area contributed by atoms with Gasteiger partial charge in [0.15, 0.2) is 0 Å². The van der Waals surface area contributed by atoms with Crippen LogP contribution < -0.4 is 20.7 Å². The van der Waals surface area contributed by atoms with E-state index < -0.39 is 0 Å². The van der Waals surface area contributed by atoms with Crippen molar-refractivity contribution in [2.45, 2.75) is 38.1 Å². The van der Waals surface area contributed by atoms with E-state index in [9.17, 15) is 9.59 Å². The Labute approximate surface area is 165 Å². The van der Waals surface area contributed by atoms with E-state index in [0.717, 1.165) is 24.3 Å². The summed E-state index contributed by atoms with van der Waals surface area (Å²) in [6.45, 7) is 0.130. The Kier molecular flexibility index (Phi) is 6.89. The van der Waals surface area contributed by atoms with E-state index in [4.69, 9.17) is 4.74 Å². The van der Waals surface area contributed by atoms with Gasteiger partial charge in [-0.15, -0.1) is 0 Å². The van der Waals surface area contributed by atoms with Gasteiger partial charge in [0.05, 0.1) is 13.7 Å². The van der Waals surface area contributed by atoms with Crippen LogP contribution in [0.5, 0.6) is 5.75 Å². The Morgan fingerprint density at radius 1 is 1.00 bits per heavy atom. The van der Waals surface area contributed by atoms with Gasteiger partial charge < -0.3 is 20.7 Å². The maximum atomic E-state index is 12.5. The van der Waals surface area contributed by atoms with Crippen molar-refractivity contribution in [3.63, 3.8) is 0 Å². The second kappa shape index (κ2) is 9.78. The minimum atomic E-state index is -0.180. The van der Waals surface area contributed by atoms with Crippen LogP contribution in [-0.2, 0) is 4.79 Å². The molecule has 1 aliphatic rings. The van der Waals surface area contributed by atoms with Crippen molar-refractivity contribution in [2.75, 3.05) is 24.3 Å². The van der Waals surface area contributed by atoms with Crippen molar-refractivity contribution in [2.24, 2.45) is 0 Å². The first-order valence-corrected chi connectivity index (χ1v) is 9.73. The highest BCUT2D eigenvalue weighted by atomic mass is 16.5. The Morgan fingerprint density at radius 2 is 1.75 bits per heavy atom. The topological polar surface area (TPSA) is 79.5 Å². The summed E-state index contributed by atoms with van der Waals surface area (Å²) in [6, 6.07) is 14.7. The highest BCUT2D eigenvalue weighted by Gasteiger charge is 2.17. The molecule has 2 aromatic carbocycles. The fourth-order valence-corrected chi connectivity index (χ4v) is 3.35. The van der Waals surface area contributed by atoms with Crippen molar-refractivity contribution < 1.29 is 14.3 Å². The summed E-state index contributed by atoms with van der Waals surface area (Å²) in [6.07, 6.45) is 5.67. The first-order valence-electron chi connectivity index (χ1n) is 9.73. The summed E-state index contributed by atoms with van der Waals surface area (Å²) in [5, 5.41) is 8.99. The van der Waals surface area contributed by atoms with Crippen LogP contribution >= 0.6 is 0 Å².